The lowest BCUT2D eigenvalue weighted by atomic mass is 10.1. The fourth-order valence-corrected chi connectivity index (χ4v) is 2.57. The van der Waals surface area contributed by atoms with Gasteiger partial charge in [0, 0.05) is 24.3 Å². The highest BCUT2D eigenvalue weighted by Crippen LogP contribution is 2.20. The fourth-order valence-electron chi connectivity index (χ4n) is 2.13. The fraction of sp³-hybridized carbons (Fsp3) is 0.312. The number of pyridine rings is 1. The van der Waals surface area contributed by atoms with Crippen LogP contribution < -0.4 is 9.64 Å². The summed E-state index contributed by atoms with van der Waals surface area (Å²) in [6.45, 7) is 3.01. The van der Waals surface area contributed by atoms with Gasteiger partial charge in [-0.2, -0.15) is 0 Å². The SMILES string of the molecule is COc1ccc(CCN(C)c2ncc(Br)cc2C)cc1. The molecule has 0 atom stereocenters. The van der Waals surface area contributed by atoms with Crippen molar-refractivity contribution in [1.29, 1.82) is 0 Å². The first kappa shape index (κ1) is 14.9. The Morgan fingerprint density at radius 2 is 1.95 bits per heavy atom. The van der Waals surface area contributed by atoms with Crippen LogP contribution >= 0.6 is 15.9 Å². The molecule has 3 nitrogen and oxygen atoms in total. The number of rotatable bonds is 5. The van der Waals surface area contributed by atoms with Crippen molar-refractivity contribution in [3.05, 3.63) is 52.1 Å². The minimum atomic E-state index is 0.896. The zero-order valence-electron chi connectivity index (χ0n) is 12.1. The van der Waals surface area contributed by atoms with Crippen molar-refractivity contribution in [2.45, 2.75) is 13.3 Å². The van der Waals surface area contributed by atoms with Gasteiger partial charge in [-0.25, -0.2) is 4.98 Å². The zero-order valence-corrected chi connectivity index (χ0v) is 13.6. The number of methoxy groups -OCH3 is 1. The van der Waals surface area contributed by atoms with E-state index in [0.717, 1.165) is 29.0 Å². The predicted octanol–water partition coefficient (Wildman–Crippen LogP) is 3.84. The minimum Gasteiger partial charge on any atom is -0.497 e. The number of aromatic nitrogens is 1. The largest absolute Gasteiger partial charge is 0.497 e. The van der Waals surface area contributed by atoms with Crippen molar-refractivity contribution in [2.75, 3.05) is 25.6 Å². The number of halogens is 1. The van der Waals surface area contributed by atoms with Gasteiger partial charge in [0.25, 0.3) is 0 Å². The van der Waals surface area contributed by atoms with Crippen LogP contribution in [0.25, 0.3) is 0 Å². The van der Waals surface area contributed by atoms with E-state index in [-0.39, 0.29) is 0 Å². The number of anilines is 1. The second-order valence-corrected chi connectivity index (χ2v) is 5.73. The molecule has 0 radical (unpaired) electrons. The molecule has 1 heterocycles. The third-order valence-electron chi connectivity index (χ3n) is 3.27. The molecule has 2 aromatic rings. The smallest absolute Gasteiger partial charge is 0.131 e. The van der Waals surface area contributed by atoms with Gasteiger partial charge in [0.15, 0.2) is 0 Å². The maximum Gasteiger partial charge on any atom is 0.131 e. The van der Waals surface area contributed by atoms with Crippen LogP contribution in [0.4, 0.5) is 5.82 Å². The Hall–Kier alpha value is -1.55. The molecular formula is C16H19BrN2O. The van der Waals surface area contributed by atoms with Crippen LogP contribution in [0.15, 0.2) is 41.0 Å². The monoisotopic (exact) mass is 334 g/mol. The molecule has 0 unspecified atom stereocenters. The van der Waals surface area contributed by atoms with E-state index < -0.39 is 0 Å². The lowest BCUT2D eigenvalue weighted by molar-refractivity contribution is 0.414. The molecule has 1 aromatic carbocycles. The third kappa shape index (κ3) is 3.73. The Morgan fingerprint density at radius 1 is 1.25 bits per heavy atom. The molecule has 106 valence electrons. The predicted molar refractivity (Wildman–Crippen MR) is 86.6 cm³/mol. The van der Waals surface area contributed by atoms with Crippen LogP contribution in [0.5, 0.6) is 5.75 Å². The van der Waals surface area contributed by atoms with Gasteiger partial charge in [-0.1, -0.05) is 12.1 Å². The number of likely N-dealkylation sites (N-methyl/N-ethyl adjacent to an activating group) is 1. The first-order valence-corrected chi connectivity index (χ1v) is 7.35. The van der Waals surface area contributed by atoms with E-state index in [1.54, 1.807) is 7.11 Å². The van der Waals surface area contributed by atoms with E-state index in [2.05, 4.69) is 58.0 Å². The second kappa shape index (κ2) is 6.75. The summed E-state index contributed by atoms with van der Waals surface area (Å²) in [5, 5.41) is 0. The molecule has 0 saturated heterocycles. The number of benzene rings is 1. The number of ether oxygens (including phenoxy) is 1. The lowest BCUT2D eigenvalue weighted by Crippen LogP contribution is -2.22. The summed E-state index contributed by atoms with van der Waals surface area (Å²) in [4.78, 5) is 6.66. The van der Waals surface area contributed by atoms with Crippen LogP contribution in [0, 0.1) is 6.92 Å². The van der Waals surface area contributed by atoms with Gasteiger partial charge in [-0.15, -0.1) is 0 Å². The number of hydrogen-bond donors (Lipinski definition) is 0. The van der Waals surface area contributed by atoms with Crippen LogP contribution in [0.3, 0.4) is 0 Å². The Labute approximate surface area is 128 Å². The molecule has 0 bridgehead atoms. The maximum absolute atomic E-state index is 5.17. The Balaban J connectivity index is 1.98. The molecule has 2 rings (SSSR count). The van der Waals surface area contributed by atoms with Crippen LogP contribution in [-0.2, 0) is 6.42 Å². The van der Waals surface area contributed by atoms with Crippen LogP contribution in [0.1, 0.15) is 11.1 Å². The van der Waals surface area contributed by atoms with Gasteiger partial charge < -0.3 is 9.64 Å². The summed E-state index contributed by atoms with van der Waals surface area (Å²) in [5.74, 6) is 1.93. The van der Waals surface area contributed by atoms with E-state index in [4.69, 9.17) is 4.74 Å². The standard InChI is InChI=1S/C16H19BrN2O/c1-12-10-14(17)11-18-16(12)19(2)9-8-13-4-6-15(20-3)7-5-13/h4-7,10-11H,8-9H2,1-3H3. The topological polar surface area (TPSA) is 25.4 Å². The van der Waals surface area contributed by atoms with E-state index in [1.807, 2.05) is 18.3 Å². The quantitative estimate of drug-likeness (QED) is 0.830. The van der Waals surface area contributed by atoms with E-state index >= 15 is 0 Å². The van der Waals surface area contributed by atoms with Gasteiger partial charge in [0.1, 0.15) is 11.6 Å². The summed E-state index contributed by atoms with van der Waals surface area (Å²) < 4.78 is 6.18. The van der Waals surface area contributed by atoms with Crippen molar-refractivity contribution in [1.82, 2.24) is 4.98 Å². The van der Waals surface area contributed by atoms with Crippen molar-refractivity contribution in [3.63, 3.8) is 0 Å². The molecule has 0 aliphatic carbocycles. The molecule has 0 amide bonds. The van der Waals surface area contributed by atoms with Crippen molar-refractivity contribution >= 4 is 21.7 Å². The summed E-state index contributed by atoms with van der Waals surface area (Å²) in [7, 11) is 3.76. The maximum atomic E-state index is 5.17. The number of nitrogens with zero attached hydrogens (tertiary/aromatic N) is 2. The Kier molecular flexibility index (Phi) is 5.01. The lowest BCUT2D eigenvalue weighted by Gasteiger charge is -2.20. The summed E-state index contributed by atoms with van der Waals surface area (Å²) in [5.41, 5.74) is 2.48. The number of hydrogen-bond acceptors (Lipinski definition) is 3. The zero-order chi connectivity index (χ0) is 14.5. The third-order valence-corrected chi connectivity index (χ3v) is 3.71. The van der Waals surface area contributed by atoms with Gasteiger partial charge in [0.2, 0.25) is 0 Å². The molecule has 0 spiro atoms. The highest BCUT2D eigenvalue weighted by molar-refractivity contribution is 9.10. The van der Waals surface area contributed by atoms with Crippen molar-refractivity contribution in [3.8, 4) is 5.75 Å². The van der Waals surface area contributed by atoms with E-state index in [1.165, 1.54) is 11.1 Å². The average Bonchev–Trinajstić information content (AvgIpc) is 2.45. The molecule has 20 heavy (non-hydrogen) atoms. The molecule has 0 N–H and O–H groups in total. The first-order valence-electron chi connectivity index (χ1n) is 6.56. The minimum absolute atomic E-state index is 0.896. The highest BCUT2D eigenvalue weighted by atomic mass is 79.9. The average molecular weight is 335 g/mol. The van der Waals surface area contributed by atoms with Gasteiger partial charge >= 0.3 is 0 Å². The van der Waals surface area contributed by atoms with Crippen molar-refractivity contribution < 1.29 is 4.74 Å². The van der Waals surface area contributed by atoms with Crippen LogP contribution in [0.2, 0.25) is 0 Å². The first-order chi connectivity index (χ1) is 9.60. The molecule has 0 aliphatic rings. The van der Waals surface area contributed by atoms with E-state index in [0.29, 0.717) is 0 Å². The molecule has 0 saturated carbocycles. The summed E-state index contributed by atoms with van der Waals surface area (Å²) in [6, 6.07) is 10.3. The molecular weight excluding hydrogens is 316 g/mol. The second-order valence-electron chi connectivity index (χ2n) is 4.81. The summed E-state index contributed by atoms with van der Waals surface area (Å²) >= 11 is 3.44. The Bertz CT molecular complexity index is 569. The molecule has 0 aliphatic heterocycles. The molecule has 1 aromatic heterocycles. The van der Waals surface area contributed by atoms with Gasteiger partial charge in [-0.05, 0) is 58.6 Å². The van der Waals surface area contributed by atoms with Crippen molar-refractivity contribution in [2.24, 2.45) is 0 Å². The normalized spacial score (nSPS) is 10.4. The van der Waals surface area contributed by atoms with Gasteiger partial charge in [0.05, 0.1) is 7.11 Å². The Morgan fingerprint density at radius 3 is 2.55 bits per heavy atom. The number of aryl methyl sites for hydroxylation is 1. The summed E-state index contributed by atoms with van der Waals surface area (Å²) in [6.07, 6.45) is 2.82. The molecule has 0 fully saturated rings. The van der Waals surface area contributed by atoms with E-state index in [9.17, 15) is 0 Å². The van der Waals surface area contributed by atoms with Gasteiger partial charge in [-0.3, -0.25) is 0 Å². The molecule has 4 heteroatoms. The highest BCUT2D eigenvalue weighted by Gasteiger charge is 2.07. The van der Waals surface area contributed by atoms with Crippen LogP contribution in [-0.4, -0.2) is 25.7 Å².